The standard InChI is InChI=1S/C17H19N3O3/c1-3-13-11-20(8-9-22-13)16(21)15-12(2)23-17(14(15)10-18)19-6-4-5-7-19/h4-7,13H,3,8-9,11H2,1-2H3. The van der Waals surface area contributed by atoms with Crippen molar-refractivity contribution in [1.29, 1.82) is 5.26 Å². The Kier molecular flexibility index (Phi) is 4.22. The maximum Gasteiger partial charge on any atom is 0.259 e. The zero-order valence-electron chi connectivity index (χ0n) is 13.3. The van der Waals surface area contributed by atoms with Crippen molar-refractivity contribution in [3.63, 3.8) is 0 Å². The van der Waals surface area contributed by atoms with Gasteiger partial charge in [-0.15, -0.1) is 0 Å². The highest BCUT2D eigenvalue weighted by molar-refractivity contribution is 5.98. The lowest BCUT2D eigenvalue weighted by Crippen LogP contribution is -2.45. The van der Waals surface area contributed by atoms with Gasteiger partial charge in [0.05, 0.1) is 12.7 Å². The number of aryl methyl sites for hydroxylation is 1. The third kappa shape index (κ3) is 2.76. The van der Waals surface area contributed by atoms with E-state index in [9.17, 15) is 10.1 Å². The molecule has 3 heterocycles. The lowest BCUT2D eigenvalue weighted by molar-refractivity contribution is -0.0226. The fourth-order valence-electron chi connectivity index (χ4n) is 2.85. The van der Waals surface area contributed by atoms with Gasteiger partial charge in [0.15, 0.2) is 0 Å². The Balaban J connectivity index is 1.96. The second-order valence-corrected chi connectivity index (χ2v) is 5.57. The van der Waals surface area contributed by atoms with E-state index in [1.165, 1.54) is 0 Å². The number of hydrogen-bond acceptors (Lipinski definition) is 4. The van der Waals surface area contributed by atoms with E-state index in [0.29, 0.717) is 36.9 Å². The van der Waals surface area contributed by atoms with Crippen molar-refractivity contribution in [2.24, 2.45) is 0 Å². The SMILES string of the molecule is CCC1CN(C(=O)c2c(C)oc(-n3cccc3)c2C#N)CCO1. The monoisotopic (exact) mass is 313 g/mol. The highest BCUT2D eigenvalue weighted by atomic mass is 16.5. The van der Waals surface area contributed by atoms with Crippen LogP contribution >= 0.6 is 0 Å². The van der Waals surface area contributed by atoms with Crippen molar-refractivity contribution in [2.45, 2.75) is 26.4 Å². The van der Waals surface area contributed by atoms with Crippen LogP contribution in [0.25, 0.3) is 5.88 Å². The number of ether oxygens (including phenoxy) is 1. The van der Waals surface area contributed by atoms with E-state index in [0.717, 1.165) is 6.42 Å². The summed E-state index contributed by atoms with van der Waals surface area (Å²) in [5.41, 5.74) is 0.635. The number of furan rings is 1. The summed E-state index contributed by atoms with van der Waals surface area (Å²) in [7, 11) is 0. The maximum atomic E-state index is 12.9. The Labute approximate surface area is 134 Å². The van der Waals surface area contributed by atoms with Gasteiger partial charge < -0.3 is 14.1 Å². The average Bonchev–Trinajstić information content (AvgIpc) is 3.21. The first-order chi connectivity index (χ1) is 11.2. The normalized spacial score (nSPS) is 18.0. The molecular formula is C17H19N3O3. The van der Waals surface area contributed by atoms with E-state index in [-0.39, 0.29) is 17.6 Å². The zero-order chi connectivity index (χ0) is 16.4. The molecule has 23 heavy (non-hydrogen) atoms. The van der Waals surface area contributed by atoms with E-state index in [1.807, 2.05) is 19.1 Å². The number of morpholine rings is 1. The summed E-state index contributed by atoms with van der Waals surface area (Å²) < 4.78 is 13.0. The van der Waals surface area contributed by atoms with Gasteiger partial charge in [0.2, 0.25) is 5.88 Å². The van der Waals surface area contributed by atoms with Gasteiger partial charge in [0, 0.05) is 25.5 Å². The molecule has 1 saturated heterocycles. The van der Waals surface area contributed by atoms with Crippen molar-refractivity contribution in [2.75, 3.05) is 19.7 Å². The van der Waals surface area contributed by atoms with Gasteiger partial charge in [0.1, 0.15) is 23.0 Å². The van der Waals surface area contributed by atoms with Crippen LogP contribution in [0.5, 0.6) is 0 Å². The van der Waals surface area contributed by atoms with Crippen LogP contribution in [0.1, 0.15) is 35.0 Å². The van der Waals surface area contributed by atoms with E-state index in [4.69, 9.17) is 9.15 Å². The van der Waals surface area contributed by atoms with Crippen LogP contribution in [0.15, 0.2) is 28.9 Å². The predicted molar refractivity (Wildman–Crippen MR) is 83.4 cm³/mol. The molecule has 1 aliphatic heterocycles. The molecule has 0 radical (unpaired) electrons. The number of nitriles is 1. The van der Waals surface area contributed by atoms with Gasteiger partial charge >= 0.3 is 0 Å². The Morgan fingerprint density at radius 1 is 1.43 bits per heavy atom. The highest BCUT2D eigenvalue weighted by Crippen LogP contribution is 2.27. The topological polar surface area (TPSA) is 71.4 Å². The predicted octanol–water partition coefficient (Wildman–Crippen LogP) is 2.50. The first-order valence-electron chi connectivity index (χ1n) is 7.73. The Bertz CT molecular complexity index is 740. The summed E-state index contributed by atoms with van der Waals surface area (Å²) in [4.78, 5) is 14.6. The van der Waals surface area contributed by atoms with Crippen molar-refractivity contribution < 1.29 is 13.9 Å². The Morgan fingerprint density at radius 3 is 2.83 bits per heavy atom. The molecule has 0 aromatic carbocycles. The first-order valence-corrected chi connectivity index (χ1v) is 7.73. The fourth-order valence-corrected chi connectivity index (χ4v) is 2.85. The van der Waals surface area contributed by atoms with Crippen LogP contribution in [-0.2, 0) is 4.74 Å². The number of nitrogens with zero attached hydrogens (tertiary/aromatic N) is 3. The van der Waals surface area contributed by atoms with Gasteiger partial charge in [-0.2, -0.15) is 5.26 Å². The lowest BCUT2D eigenvalue weighted by atomic mass is 10.1. The Morgan fingerprint density at radius 2 is 2.17 bits per heavy atom. The number of hydrogen-bond donors (Lipinski definition) is 0. The minimum Gasteiger partial charge on any atom is -0.443 e. The number of rotatable bonds is 3. The van der Waals surface area contributed by atoms with Crippen LogP contribution in [-0.4, -0.2) is 41.2 Å². The third-order valence-electron chi connectivity index (χ3n) is 4.11. The number of carbonyl (C=O) groups is 1. The van der Waals surface area contributed by atoms with Crippen molar-refractivity contribution in [1.82, 2.24) is 9.47 Å². The fraction of sp³-hybridized carbons (Fsp3) is 0.412. The lowest BCUT2D eigenvalue weighted by Gasteiger charge is -2.32. The van der Waals surface area contributed by atoms with Crippen LogP contribution in [0, 0.1) is 18.3 Å². The molecular weight excluding hydrogens is 294 g/mol. The minimum absolute atomic E-state index is 0.0503. The molecule has 6 heteroatoms. The number of aromatic nitrogens is 1. The summed E-state index contributed by atoms with van der Waals surface area (Å²) in [5, 5.41) is 9.54. The van der Waals surface area contributed by atoms with Crippen LogP contribution in [0.3, 0.4) is 0 Å². The van der Waals surface area contributed by atoms with Crippen LogP contribution in [0.4, 0.5) is 0 Å². The molecule has 0 saturated carbocycles. The van der Waals surface area contributed by atoms with Crippen molar-refractivity contribution >= 4 is 5.91 Å². The molecule has 0 N–H and O–H groups in total. The summed E-state index contributed by atoms with van der Waals surface area (Å²) in [6.45, 7) is 5.35. The molecule has 1 atom stereocenters. The van der Waals surface area contributed by atoms with E-state index >= 15 is 0 Å². The summed E-state index contributed by atoms with van der Waals surface area (Å²) >= 11 is 0. The molecule has 3 rings (SSSR count). The number of carbonyl (C=O) groups excluding carboxylic acids is 1. The average molecular weight is 313 g/mol. The van der Waals surface area contributed by atoms with E-state index in [1.54, 1.807) is 28.8 Å². The van der Waals surface area contributed by atoms with Crippen molar-refractivity contribution in [3.05, 3.63) is 41.4 Å². The molecule has 120 valence electrons. The molecule has 2 aromatic rings. The molecule has 1 unspecified atom stereocenters. The molecule has 0 bridgehead atoms. The van der Waals surface area contributed by atoms with Gasteiger partial charge in [-0.05, 0) is 25.5 Å². The van der Waals surface area contributed by atoms with Crippen molar-refractivity contribution in [3.8, 4) is 12.0 Å². The smallest absolute Gasteiger partial charge is 0.259 e. The number of amides is 1. The zero-order valence-corrected chi connectivity index (χ0v) is 13.3. The molecule has 1 amide bonds. The molecule has 2 aromatic heterocycles. The second-order valence-electron chi connectivity index (χ2n) is 5.57. The third-order valence-corrected chi connectivity index (χ3v) is 4.11. The molecule has 6 nitrogen and oxygen atoms in total. The van der Waals surface area contributed by atoms with Gasteiger partial charge in [-0.3, -0.25) is 9.36 Å². The van der Waals surface area contributed by atoms with Gasteiger partial charge in [-0.25, -0.2) is 0 Å². The van der Waals surface area contributed by atoms with Gasteiger partial charge in [-0.1, -0.05) is 6.92 Å². The maximum absolute atomic E-state index is 12.9. The van der Waals surface area contributed by atoms with Crippen LogP contribution < -0.4 is 0 Å². The molecule has 0 spiro atoms. The summed E-state index contributed by atoms with van der Waals surface area (Å²) in [6, 6.07) is 5.81. The van der Waals surface area contributed by atoms with E-state index < -0.39 is 0 Å². The first kappa shape index (κ1) is 15.4. The van der Waals surface area contributed by atoms with Gasteiger partial charge in [0.25, 0.3) is 5.91 Å². The summed E-state index contributed by atoms with van der Waals surface area (Å²) in [6.07, 6.45) is 4.48. The van der Waals surface area contributed by atoms with E-state index in [2.05, 4.69) is 6.07 Å². The minimum atomic E-state index is -0.164. The molecule has 1 aliphatic rings. The highest BCUT2D eigenvalue weighted by Gasteiger charge is 2.30. The second kappa shape index (κ2) is 6.31. The largest absolute Gasteiger partial charge is 0.443 e. The molecule has 0 aliphatic carbocycles. The van der Waals surface area contributed by atoms with Crippen LogP contribution in [0.2, 0.25) is 0 Å². The Hall–Kier alpha value is -2.52. The molecule has 1 fully saturated rings. The quantitative estimate of drug-likeness (QED) is 0.873. The summed E-state index contributed by atoms with van der Waals surface area (Å²) in [5.74, 6) is 0.691.